The first-order chi connectivity index (χ1) is 6.59. The van der Waals surface area contributed by atoms with Crippen molar-refractivity contribution in [3.63, 3.8) is 0 Å². The third kappa shape index (κ3) is 3.33. The first-order valence-corrected chi connectivity index (χ1v) is 5.39. The van der Waals surface area contributed by atoms with E-state index in [1.807, 2.05) is 0 Å². The highest BCUT2D eigenvalue weighted by Gasteiger charge is 2.08. The monoisotopic (exact) mass is 214 g/mol. The van der Waals surface area contributed by atoms with Gasteiger partial charge in [-0.25, -0.2) is 0 Å². The molecule has 0 unspecified atom stereocenters. The number of hydrogen-bond donors (Lipinski definition) is 1. The molecule has 1 N–H and O–H groups in total. The van der Waals surface area contributed by atoms with Crippen LogP contribution >= 0.6 is 11.3 Å². The molecule has 0 saturated carbocycles. The molecule has 0 aliphatic heterocycles. The fraction of sp³-hybridized carbons (Fsp3) is 0.556. The molecule has 4 nitrogen and oxygen atoms in total. The molecular weight excluding hydrogens is 200 g/mol. The molecule has 0 spiro atoms. The van der Waals surface area contributed by atoms with Crippen molar-refractivity contribution in [1.29, 1.82) is 0 Å². The Labute approximate surface area is 87.1 Å². The first kappa shape index (κ1) is 11.0. The SMILES string of the molecule is CC(C)CCNc1ccc([N+](=O)[O-])s1. The molecule has 0 atom stereocenters. The van der Waals surface area contributed by atoms with Crippen LogP contribution in [0.15, 0.2) is 12.1 Å². The van der Waals surface area contributed by atoms with E-state index >= 15 is 0 Å². The highest BCUT2D eigenvalue weighted by atomic mass is 32.1. The zero-order valence-electron chi connectivity index (χ0n) is 8.32. The molecule has 0 aliphatic rings. The van der Waals surface area contributed by atoms with Crippen molar-refractivity contribution in [2.75, 3.05) is 11.9 Å². The summed E-state index contributed by atoms with van der Waals surface area (Å²) in [5.74, 6) is 0.650. The van der Waals surface area contributed by atoms with E-state index in [1.165, 1.54) is 17.4 Å². The van der Waals surface area contributed by atoms with Gasteiger partial charge in [-0.1, -0.05) is 13.8 Å². The number of thiophene rings is 1. The van der Waals surface area contributed by atoms with Gasteiger partial charge in [-0.3, -0.25) is 10.1 Å². The minimum atomic E-state index is -0.363. The molecule has 1 rings (SSSR count). The van der Waals surface area contributed by atoms with E-state index in [9.17, 15) is 10.1 Å². The normalized spacial score (nSPS) is 10.5. The largest absolute Gasteiger partial charge is 0.377 e. The standard InChI is InChI=1S/C9H14N2O2S/c1-7(2)5-6-10-8-3-4-9(14-8)11(12)13/h3-4,7,10H,5-6H2,1-2H3. The second kappa shape index (κ2) is 4.95. The topological polar surface area (TPSA) is 55.2 Å². The summed E-state index contributed by atoms with van der Waals surface area (Å²) in [6, 6.07) is 3.28. The van der Waals surface area contributed by atoms with Crippen LogP contribution < -0.4 is 5.32 Å². The predicted molar refractivity (Wildman–Crippen MR) is 58.9 cm³/mol. The van der Waals surface area contributed by atoms with Gasteiger partial charge in [0.1, 0.15) is 0 Å². The molecule has 1 aromatic heterocycles. The van der Waals surface area contributed by atoms with Crippen molar-refractivity contribution in [3.05, 3.63) is 22.2 Å². The second-order valence-electron chi connectivity index (χ2n) is 3.50. The fourth-order valence-electron chi connectivity index (χ4n) is 1.00. The number of rotatable bonds is 5. The van der Waals surface area contributed by atoms with Gasteiger partial charge in [0.05, 0.1) is 9.92 Å². The van der Waals surface area contributed by atoms with Gasteiger partial charge in [-0.2, -0.15) is 0 Å². The summed E-state index contributed by atoms with van der Waals surface area (Å²) in [4.78, 5) is 10.0. The van der Waals surface area contributed by atoms with E-state index in [-0.39, 0.29) is 9.92 Å². The van der Waals surface area contributed by atoms with Crippen LogP contribution in [0.2, 0.25) is 0 Å². The van der Waals surface area contributed by atoms with E-state index in [0.717, 1.165) is 18.0 Å². The predicted octanol–water partition coefficient (Wildman–Crippen LogP) is 3.11. The van der Waals surface area contributed by atoms with Gasteiger partial charge in [0, 0.05) is 12.6 Å². The maximum atomic E-state index is 10.4. The van der Waals surface area contributed by atoms with Gasteiger partial charge in [-0.05, 0) is 29.7 Å². The summed E-state index contributed by atoms with van der Waals surface area (Å²) >= 11 is 1.18. The molecule has 5 heteroatoms. The number of nitrogens with one attached hydrogen (secondary N) is 1. The molecule has 0 saturated heterocycles. The Morgan fingerprint density at radius 1 is 1.57 bits per heavy atom. The van der Waals surface area contributed by atoms with Gasteiger partial charge in [0.15, 0.2) is 0 Å². The minimum Gasteiger partial charge on any atom is -0.377 e. The average Bonchev–Trinajstić information content (AvgIpc) is 2.52. The molecule has 1 aromatic rings. The molecule has 0 aliphatic carbocycles. The van der Waals surface area contributed by atoms with Crippen molar-refractivity contribution in [1.82, 2.24) is 0 Å². The highest BCUT2D eigenvalue weighted by Crippen LogP contribution is 2.28. The van der Waals surface area contributed by atoms with Gasteiger partial charge in [0.25, 0.3) is 0 Å². The van der Waals surface area contributed by atoms with E-state index in [4.69, 9.17) is 0 Å². The van der Waals surface area contributed by atoms with Crippen molar-refractivity contribution < 1.29 is 4.92 Å². The summed E-state index contributed by atoms with van der Waals surface area (Å²) in [5.41, 5.74) is 0. The van der Waals surface area contributed by atoms with Crippen LogP contribution in [0.25, 0.3) is 0 Å². The minimum absolute atomic E-state index is 0.192. The zero-order chi connectivity index (χ0) is 10.6. The van der Waals surface area contributed by atoms with Gasteiger partial charge in [0.2, 0.25) is 0 Å². The molecule has 78 valence electrons. The summed E-state index contributed by atoms with van der Waals surface area (Å²) in [5, 5.41) is 14.6. The Morgan fingerprint density at radius 2 is 2.29 bits per heavy atom. The van der Waals surface area contributed by atoms with Crippen LogP contribution in [-0.2, 0) is 0 Å². The van der Waals surface area contributed by atoms with Crippen molar-refractivity contribution in [2.45, 2.75) is 20.3 Å². The highest BCUT2D eigenvalue weighted by molar-refractivity contribution is 7.19. The first-order valence-electron chi connectivity index (χ1n) is 4.57. The van der Waals surface area contributed by atoms with Gasteiger partial charge in [-0.15, -0.1) is 0 Å². The summed E-state index contributed by atoms with van der Waals surface area (Å²) in [7, 11) is 0. The van der Waals surface area contributed by atoms with E-state index in [0.29, 0.717) is 5.92 Å². The Kier molecular flexibility index (Phi) is 3.88. The Bertz CT molecular complexity index is 310. The third-order valence-electron chi connectivity index (χ3n) is 1.79. The number of nitrogens with zero attached hydrogens (tertiary/aromatic N) is 1. The van der Waals surface area contributed by atoms with Crippen LogP contribution in [0.1, 0.15) is 20.3 Å². The molecule has 0 fully saturated rings. The number of anilines is 1. The summed E-state index contributed by atoms with van der Waals surface area (Å²) in [6.45, 7) is 5.17. The maximum Gasteiger partial charge on any atom is 0.326 e. The van der Waals surface area contributed by atoms with Crippen molar-refractivity contribution in [3.8, 4) is 0 Å². The van der Waals surface area contributed by atoms with Crippen molar-refractivity contribution in [2.24, 2.45) is 5.92 Å². The molecular formula is C9H14N2O2S. The van der Waals surface area contributed by atoms with E-state index in [1.54, 1.807) is 6.07 Å². The van der Waals surface area contributed by atoms with Crippen LogP contribution in [0.3, 0.4) is 0 Å². The lowest BCUT2D eigenvalue weighted by molar-refractivity contribution is -0.380. The molecule has 0 aromatic carbocycles. The maximum absolute atomic E-state index is 10.4. The lowest BCUT2D eigenvalue weighted by Crippen LogP contribution is -2.02. The van der Waals surface area contributed by atoms with Crippen LogP contribution in [0, 0.1) is 16.0 Å². The summed E-state index contributed by atoms with van der Waals surface area (Å²) in [6.07, 6.45) is 1.08. The van der Waals surface area contributed by atoms with Crippen LogP contribution in [0.4, 0.5) is 10.0 Å². The Balaban J connectivity index is 2.40. The molecule has 0 amide bonds. The zero-order valence-corrected chi connectivity index (χ0v) is 9.13. The molecule has 0 bridgehead atoms. The molecule has 0 radical (unpaired) electrons. The van der Waals surface area contributed by atoms with Gasteiger partial charge < -0.3 is 5.32 Å². The Morgan fingerprint density at radius 3 is 2.79 bits per heavy atom. The average molecular weight is 214 g/mol. The third-order valence-corrected chi connectivity index (χ3v) is 2.79. The molecule has 14 heavy (non-hydrogen) atoms. The lowest BCUT2D eigenvalue weighted by atomic mass is 10.1. The quantitative estimate of drug-likeness (QED) is 0.605. The number of hydrogen-bond acceptors (Lipinski definition) is 4. The molecule has 1 heterocycles. The van der Waals surface area contributed by atoms with Crippen LogP contribution in [0.5, 0.6) is 0 Å². The smallest absolute Gasteiger partial charge is 0.326 e. The van der Waals surface area contributed by atoms with Crippen LogP contribution in [-0.4, -0.2) is 11.5 Å². The fourth-order valence-corrected chi connectivity index (χ4v) is 1.75. The van der Waals surface area contributed by atoms with Crippen molar-refractivity contribution >= 4 is 21.3 Å². The summed E-state index contributed by atoms with van der Waals surface area (Å²) < 4.78 is 0. The van der Waals surface area contributed by atoms with Gasteiger partial charge >= 0.3 is 5.00 Å². The Hall–Kier alpha value is -1.10. The van der Waals surface area contributed by atoms with E-state index < -0.39 is 0 Å². The van der Waals surface area contributed by atoms with E-state index in [2.05, 4.69) is 19.2 Å². The number of nitro groups is 1. The second-order valence-corrected chi connectivity index (χ2v) is 4.57. The lowest BCUT2D eigenvalue weighted by Gasteiger charge is -2.04.